The summed E-state index contributed by atoms with van der Waals surface area (Å²) in [4.78, 5) is 30.1. The highest BCUT2D eigenvalue weighted by Gasteiger charge is 2.13. The molecule has 3 aromatic carbocycles. The number of aryl methyl sites for hydroxylation is 1. The number of nitrogens with zero attached hydrogens (tertiary/aromatic N) is 2. The molecule has 0 aliphatic rings. The number of sulfonamides is 1. The fourth-order valence-corrected chi connectivity index (χ4v) is 5.07. The summed E-state index contributed by atoms with van der Waals surface area (Å²) in [7, 11) is -3.38. The maximum Gasteiger partial charge on any atom is 0.255 e. The minimum absolute atomic E-state index is 0.216. The number of rotatable bonds is 6. The Bertz CT molecular complexity index is 1940. The highest BCUT2D eigenvalue weighted by atomic mass is 32.2. The second kappa shape index (κ2) is 10.2. The van der Waals surface area contributed by atoms with Crippen molar-refractivity contribution >= 4 is 49.1 Å². The first-order valence-electron chi connectivity index (χ1n) is 12.2. The summed E-state index contributed by atoms with van der Waals surface area (Å²) < 4.78 is 27.2. The van der Waals surface area contributed by atoms with Crippen LogP contribution in [0.25, 0.3) is 38.6 Å². The Morgan fingerprint density at radius 3 is 2.41 bits per heavy atom. The molecular formula is C30H26N4O4S. The number of pyridine rings is 2. The third-order valence-electron chi connectivity index (χ3n) is 6.29. The van der Waals surface area contributed by atoms with Gasteiger partial charge in [0.25, 0.3) is 5.56 Å². The highest BCUT2D eigenvalue weighted by molar-refractivity contribution is 7.92. The zero-order chi connectivity index (χ0) is 27.7. The predicted molar refractivity (Wildman–Crippen MR) is 157 cm³/mol. The number of hydrogen-bond donors (Lipinski definition) is 2. The molecule has 0 aliphatic carbocycles. The van der Waals surface area contributed by atoms with E-state index in [4.69, 9.17) is 0 Å². The summed E-state index contributed by atoms with van der Waals surface area (Å²) in [5.41, 5.74) is 5.52. The van der Waals surface area contributed by atoms with Crippen molar-refractivity contribution in [1.29, 1.82) is 0 Å². The molecule has 1 amide bonds. The molecule has 0 bridgehead atoms. The van der Waals surface area contributed by atoms with Crippen LogP contribution in [0.2, 0.25) is 0 Å². The first-order chi connectivity index (χ1) is 18.6. The van der Waals surface area contributed by atoms with E-state index in [9.17, 15) is 18.0 Å². The minimum Gasteiger partial charge on any atom is -0.322 e. The van der Waals surface area contributed by atoms with Crippen LogP contribution in [-0.4, -0.2) is 30.1 Å². The molecule has 196 valence electrons. The molecule has 5 aromatic rings. The van der Waals surface area contributed by atoms with Crippen molar-refractivity contribution in [1.82, 2.24) is 9.55 Å². The van der Waals surface area contributed by atoms with Crippen molar-refractivity contribution in [2.45, 2.75) is 13.8 Å². The van der Waals surface area contributed by atoms with Crippen LogP contribution in [0, 0.1) is 6.92 Å². The zero-order valence-electron chi connectivity index (χ0n) is 21.6. The molecule has 9 heteroatoms. The summed E-state index contributed by atoms with van der Waals surface area (Å²) in [5, 5.41) is 4.44. The number of hydrogen-bond acceptors (Lipinski definition) is 5. The van der Waals surface area contributed by atoms with E-state index >= 15 is 0 Å². The molecule has 8 nitrogen and oxygen atoms in total. The van der Waals surface area contributed by atoms with Crippen LogP contribution in [0.3, 0.4) is 0 Å². The molecule has 0 saturated carbocycles. The van der Waals surface area contributed by atoms with Crippen molar-refractivity contribution < 1.29 is 13.2 Å². The Labute approximate surface area is 225 Å². The van der Waals surface area contributed by atoms with E-state index in [2.05, 4.69) is 15.0 Å². The molecule has 0 spiro atoms. The van der Waals surface area contributed by atoms with E-state index in [0.29, 0.717) is 22.6 Å². The van der Waals surface area contributed by atoms with Gasteiger partial charge in [-0.1, -0.05) is 30.3 Å². The number of allylic oxidation sites excluding steroid dienone is 1. The predicted octanol–water partition coefficient (Wildman–Crippen LogP) is 5.40. The molecule has 0 radical (unpaired) electrons. The molecule has 2 N–H and O–H groups in total. The van der Waals surface area contributed by atoms with E-state index in [1.165, 1.54) is 12.1 Å². The van der Waals surface area contributed by atoms with E-state index in [1.54, 1.807) is 48.0 Å². The first kappa shape index (κ1) is 25.9. The average molecular weight is 539 g/mol. The van der Waals surface area contributed by atoms with E-state index in [0.717, 1.165) is 39.2 Å². The van der Waals surface area contributed by atoms with Crippen molar-refractivity contribution in [3.63, 3.8) is 0 Å². The third kappa shape index (κ3) is 5.44. The lowest BCUT2D eigenvalue weighted by Crippen LogP contribution is -2.18. The lowest BCUT2D eigenvalue weighted by atomic mass is 10.0. The van der Waals surface area contributed by atoms with Gasteiger partial charge in [0.1, 0.15) is 0 Å². The number of carbonyl (C=O) groups excluding carboxylic acids is 1. The fourth-order valence-electron chi connectivity index (χ4n) is 4.50. The average Bonchev–Trinajstić information content (AvgIpc) is 2.89. The number of fused-ring (bicyclic) bond motifs is 3. The van der Waals surface area contributed by atoms with Gasteiger partial charge in [0.15, 0.2) is 0 Å². The summed E-state index contributed by atoms with van der Waals surface area (Å²) in [5.74, 6) is -0.250. The van der Waals surface area contributed by atoms with Gasteiger partial charge < -0.3 is 5.32 Å². The van der Waals surface area contributed by atoms with Crippen molar-refractivity contribution in [3.05, 3.63) is 107 Å². The molecule has 2 aromatic heterocycles. The van der Waals surface area contributed by atoms with Crippen molar-refractivity contribution in [2.24, 2.45) is 0 Å². The molecule has 0 fully saturated rings. The topological polar surface area (TPSA) is 110 Å². The first-order valence-corrected chi connectivity index (χ1v) is 14.1. The van der Waals surface area contributed by atoms with Gasteiger partial charge in [-0.2, -0.15) is 0 Å². The Hall–Kier alpha value is -4.76. The third-order valence-corrected chi connectivity index (χ3v) is 6.90. The van der Waals surface area contributed by atoms with E-state index in [-0.39, 0.29) is 11.5 Å². The van der Waals surface area contributed by atoms with Gasteiger partial charge in [-0.05, 0) is 79.1 Å². The number of carbonyl (C=O) groups is 1. The van der Waals surface area contributed by atoms with Crippen LogP contribution in [-0.2, 0) is 14.8 Å². The highest BCUT2D eigenvalue weighted by Crippen LogP contribution is 2.31. The van der Waals surface area contributed by atoms with Gasteiger partial charge in [-0.25, -0.2) is 8.42 Å². The lowest BCUT2D eigenvalue weighted by Gasteiger charge is -2.15. The van der Waals surface area contributed by atoms with Crippen LogP contribution in [0.4, 0.5) is 11.4 Å². The van der Waals surface area contributed by atoms with Gasteiger partial charge in [-0.15, -0.1) is 0 Å². The van der Waals surface area contributed by atoms with Gasteiger partial charge >= 0.3 is 0 Å². The van der Waals surface area contributed by atoms with E-state index in [1.807, 2.05) is 49.4 Å². The summed E-state index contributed by atoms with van der Waals surface area (Å²) in [6.07, 6.45) is 5.95. The smallest absolute Gasteiger partial charge is 0.255 e. The van der Waals surface area contributed by atoms with Gasteiger partial charge in [0, 0.05) is 34.4 Å². The SMILES string of the molecule is C/C=C/C(=O)Nc1cc(-n2c(=O)ccc3cnc4ccc(-c5ccc(NS(C)(=O)=O)cc5)cc4c32)ccc1C. The summed E-state index contributed by atoms with van der Waals surface area (Å²) in [6.45, 7) is 3.66. The Kier molecular flexibility index (Phi) is 6.76. The summed E-state index contributed by atoms with van der Waals surface area (Å²) in [6, 6.07) is 21.6. The number of anilines is 2. The number of nitrogens with one attached hydrogen (secondary N) is 2. The largest absolute Gasteiger partial charge is 0.322 e. The quantitative estimate of drug-likeness (QED) is 0.222. The Morgan fingerprint density at radius 2 is 1.69 bits per heavy atom. The van der Waals surface area contributed by atoms with Gasteiger partial charge in [0.2, 0.25) is 15.9 Å². The van der Waals surface area contributed by atoms with Crippen molar-refractivity contribution in [2.75, 3.05) is 16.3 Å². The molecule has 0 atom stereocenters. The molecule has 0 aliphatic heterocycles. The van der Waals surface area contributed by atoms with Crippen LogP contribution >= 0.6 is 0 Å². The lowest BCUT2D eigenvalue weighted by molar-refractivity contribution is -0.111. The fraction of sp³-hybridized carbons (Fsp3) is 0.100. The van der Waals surface area contributed by atoms with Crippen molar-refractivity contribution in [3.8, 4) is 16.8 Å². The molecule has 2 heterocycles. The minimum atomic E-state index is -3.38. The molecule has 5 rings (SSSR count). The maximum absolute atomic E-state index is 13.3. The Morgan fingerprint density at radius 1 is 0.949 bits per heavy atom. The monoisotopic (exact) mass is 538 g/mol. The standard InChI is InChI=1S/C30H26N4O4S/c1-4-5-28(35)32-27-17-24(13-6-19(27)2)34-29(36)15-10-22-18-31-26-14-9-21(16-25(26)30(22)34)20-7-11-23(12-8-20)33-39(3,37)38/h4-18,33H,1-3H3,(H,32,35)/b5-4+. The molecular weight excluding hydrogens is 512 g/mol. The normalized spacial score (nSPS) is 11.8. The Balaban J connectivity index is 1.68. The van der Waals surface area contributed by atoms with Crippen LogP contribution in [0.15, 0.2) is 95.9 Å². The molecule has 0 saturated heterocycles. The molecule has 39 heavy (non-hydrogen) atoms. The number of aromatic nitrogens is 2. The zero-order valence-corrected chi connectivity index (χ0v) is 22.4. The maximum atomic E-state index is 13.3. The van der Waals surface area contributed by atoms with Crippen LogP contribution in [0.1, 0.15) is 12.5 Å². The molecule has 0 unspecified atom stereocenters. The van der Waals surface area contributed by atoms with E-state index < -0.39 is 10.0 Å². The van der Waals surface area contributed by atoms with Crippen LogP contribution < -0.4 is 15.6 Å². The second-order valence-electron chi connectivity index (χ2n) is 9.24. The van der Waals surface area contributed by atoms with Crippen LogP contribution in [0.5, 0.6) is 0 Å². The number of amides is 1. The van der Waals surface area contributed by atoms with Gasteiger partial charge in [-0.3, -0.25) is 23.9 Å². The number of benzene rings is 3. The summed E-state index contributed by atoms with van der Waals surface area (Å²) >= 11 is 0. The van der Waals surface area contributed by atoms with Gasteiger partial charge in [0.05, 0.1) is 23.0 Å². The second-order valence-corrected chi connectivity index (χ2v) is 11.0.